The van der Waals surface area contributed by atoms with Gasteiger partial charge < -0.3 is 10.2 Å². The zero-order valence-electron chi connectivity index (χ0n) is 13.5. The van der Waals surface area contributed by atoms with Crippen molar-refractivity contribution in [3.63, 3.8) is 0 Å². The third-order valence-electron chi connectivity index (χ3n) is 4.01. The Morgan fingerprint density at radius 3 is 2.64 bits per heavy atom. The summed E-state index contributed by atoms with van der Waals surface area (Å²) in [5.74, 6) is 0.462. The maximum atomic E-state index is 12.3. The van der Waals surface area contributed by atoms with E-state index in [-0.39, 0.29) is 24.4 Å². The number of likely N-dealkylation sites (N-methyl/N-ethyl adjacent to an activating group) is 1. The van der Waals surface area contributed by atoms with Crippen molar-refractivity contribution >= 4 is 17.6 Å². The summed E-state index contributed by atoms with van der Waals surface area (Å²) in [7, 11) is 1.79. The van der Waals surface area contributed by atoms with Crippen LogP contribution in [0, 0.1) is 6.92 Å². The minimum Gasteiger partial charge on any atom is -0.341 e. The van der Waals surface area contributed by atoms with Gasteiger partial charge >= 0.3 is 0 Å². The number of anilines is 1. The number of pyridine rings is 1. The normalized spacial score (nSPS) is 15.9. The summed E-state index contributed by atoms with van der Waals surface area (Å²) >= 11 is 0. The molecular weight excluding hydrogens is 280 g/mol. The Balaban J connectivity index is 1.84. The molecular formula is C16H24N4O2. The van der Waals surface area contributed by atoms with Crippen molar-refractivity contribution in [3.05, 3.63) is 23.9 Å². The van der Waals surface area contributed by atoms with Crippen LogP contribution in [-0.4, -0.2) is 59.3 Å². The van der Waals surface area contributed by atoms with Gasteiger partial charge in [0.1, 0.15) is 5.82 Å². The molecule has 1 N–H and O–H groups in total. The molecule has 2 amide bonds. The van der Waals surface area contributed by atoms with E-state index in [2.05, 4.69) is 10.3 Å². The number of carbonyl (C=O) groups excluding carboxylic acids is 2. The molecule has 2 rings (SSSR count). The summed E-state index contributed by atoms with van der Waals surface area (Å²) in [6.45, 7) is 5.61. The third-order valence-corrected chi connectivity index (χ3v) is 4.01. The number of aromatic nitrogens is 1. The van der Waals surface area contributed by atoms with E-state index < -0.39 is 0 Å². The molecule has 1 aromatic rings. The zero-order chi connectivity index (χ0) is 16.1. The van der Waals surface area contributed by atoms with Crippen LogP contribution in [0.15, 0.2) is 18.3 Å². The summed E-state index contributed by atoms with van der Waals surface area (Å²) in [5, 5.41) is 2.75. The van der Waals surface area contributed by atoms with Crippen LogP contribution in [0.1, 0.15) is 25.3 Å². The maximum absolute atomic E-state index is 12.3. The highest BCUT2D eigenvalue weighted by atomic mass is 16.2. The Hall–Kier alpha value is -1.95. The van der Waals surface area contributed by atoms with E-state index in [4.69, 9.17) is 0 Å². The van der Waals surface area contributed by atoms with Gasteiger partial charge in [-0.2, -0.15) is 0 Å². The smallest absolute Gasteiger partial charge is 0.239 e. The van der Waals surface area contributed by atoms with Gasteiger partial charge in [0.05, 0.1) is 12.6 Å². The van der Waals surface area contributed by atoms with Crippen LogP contribution >= 0.6 is 0 Å². The van der Waals surface area contributed by atoms with E-state index in [1.165, 1.54) is 0 Å². The number of hydrogen-bond donors (Lipinski definition) is 1. The lowest BCUT2D eigenvalue weighted by Gasteiger charge is -2.27. The molecule has 2 heterocycles. The van der Waals surface area contributed by atoms with E-state index in [9.17, 15) is 9.59 Å². The molecule has 0 aliphatic carbocycles. The van der Waals surface area contributed by atoms with Crippen molar-refractivity contribution in [1.29, 1.82) is 0 Å². The summed E-state index contributed by atoms with van der Waals surface area (Å²) < 4.78 is 0. The van der Waals surface area contributed by atoms with E-state index in [0.29, 0.717) is 5.82 Å². The van der Waals surface area contributed by atoms with Crippen molar-refractivity contribution in [2.75, 3.05) is 32.0 Å². The number of likely N-dealkylation sites (tertiary alicyclic amines) is 1. The Labute approximate surface area is 131 Å². The van der Waals surface area contributed by atoms with Gasteiger partial charge in [-0.05, 0) is 45.4 Å². The van der Waals surface area contributed by atoms with Crippen molar-refractivity contribution in [2.45, 2.75) is 32.7 Å². The van der Waals surface area contributed by atoms with Gasteiger partial charge in [-0.1, -0.05) is 6.07 Å². The molecule has 0 bridgehead atoms. The fraction of sp³-hybridized carbons (Fsp3) is 0.562. The van der Waals surface area contributed by atoms with Crippen LogP contribution in [0.3, 0.4) is 0 Å². The topological polar surface area (TPSA) is 65.5 Å². The average Bonchev–Trinajstić information content (AvgIpc) is 3.02. The molecule has 120 valence electrons. The van der Waals surface area contributed by atoms with Crippen LogP contribution in [0.5, 0.6) is 0 Å². The predicted octanol–water partition coefficient (Wildman–Crippen LogP) is 1.27. The first-order valence-corrected chi connectivity index (χ1v) is 7.69. The second-order valence-electron chi connectivity index (χ2n) is 5.89. The minimum absolute atomic E-state index is 0.0984. The first-order valence-electron chi connectivity index (χ1n) is 7.69. The van der Waals surface area contributed by atoms with Gasteiger partial charge in [-0.25, -0.2) is 4.98 Å². The average molecular weight is 304 g/mol. The maximum Gasteiger partial charge on any atom is 0.239 e. The highest BCUT2D eigenvalue weighted by Crippen LogP contribution is 2.11. The third kappa shape index (κ3) is 4.27. The molecule has 1 saturated heterocycles. The molecule has 22 heavy (non-hydrogen) atoms. The fourth-order valence-electron chi connectivity index (χ4n) is 2.48. The Morgan fingerprint density at radius 2 is 2.05 bits per heavy atom. The van der Waals surface area contributed by atoms with Crippen LogP contribution in [0.4, 0.5) is 5.82 Å². The lowest BCUT2D eigenvalue weighted by molar-refractivity contribution is -0.135. The Kier molecular flexibility index (Phi) is 5.49. The Bertz CT molecular complexity index is 523. The number of hydrogen-bond acceptors (Lipinski definition) is 4. The van der Waals surface area contributed by atoms with Crippen molar-refractivity contribution in [2.24, 2.45) is 0 Å². The number of carbonyl (C=O) groups is 2. The molecule has 6 nitrogen and oxygen atoms in total. The molecule has 0 spiro atoms. The van der Waals surface area contributed by atoms with Crippen molar-refractivity contribution in [3.8, 4) is 0 Å². The first kappa shape index (κ1) is 16.4. The number of nitrogens with one attached hydrogen (secondary N) is 1. The van der Waals surface area contributed by atoms with E-state index in [1.54, 1.807) is 24.2 Å². The number of aryl methyl sites for hydroxylation is 1. The van der Waals surface area contributed by atoms with Gasteiger partial charge in [-0.15, -0.1) is 0 Å². The number of nitrogens with zero attached hydrogens (tertiary/aromatic N) is 3. The van der Waals surface area contributed by atoms with E-state index in [1.807, 2.05) is 24.8 Å². The van der Waals surface area contributed by atoms with Gasteiger partial charge in [0.25, 0.3) is 0 Å². The minimum atomic E-state index is -0.296. The standard InChI is InChI=1S/C16H24N4O2/c1-12-6-7-14(17-10-12)18-15(21)11-19(3)13(2)16(22)20-8-4-5-9-20/h6-7,10,13H,4-5,8-9,11H2,1-3H3,(H,17,18,21)/t13-/m0/s1. The van der Waals surface area contributed by atoms with Gasteiger partial charge in [0, 0.05) is 19.3 Å². The van der Waals surface area contributed by atoms with E-state index >= 15 is 0 Å². The SMILES string of the molecule is Cc1ccc(NC(=O)CN(C)[C@@H](C)C(=O)N2CCCC2)nc1. The Morgan fingerprint density at radius 1 is 1.36 bits per heavy atom. The largest absolute Gasteiger partial charge is 0.341 e. The molecule has 1 fully saturated rings. The summed E-state index contributed by atoms with van der Waals surface area (Å²) in [6.07, 6.45) is 3.85. The lowest BCUT2D eigenvalue weighted by atomic mass is 10.2. The highest BCUT2D eigenvalue weighted by molar-refractivity contribution is 5.92. The molecule has 0 radical (unpaired) electrons. The molecule has 0 unspecified atom stereocenters. The van der Waals surface area contributed by atoms with Gasteiger partial charge in [-0.3, -0.25) is 14.5 Å². The van der Waals surface area contributed by atoms with Crippen LogP contribution in [-0.2, 0) is 9.59 Å². The lowest BCUT2D eigenvalue weighted by Crippen LogP contribution is -2.46. The molecule has 6 heteroatoms. The molecule has 0 saturated carbocycles. The molecule has 1 aromatic heterocycles. The molecule has 1 aliphatic heterocycles. The fourth-order valence-corrected chi connectivity index (χ4v) is 2.48. The summed E-state index contributed by atoms with van der Waals surface area (Å²) in [4.78, 5) is 32.1. The van der Waals surface area contributed by atoms with Crippen molar-refractivity contribution < 1.29 is 9.59 Å². The zero-order valence-corrected chi connectivity index (χ0v) is 13.5. The number of amides is 2. The second kappa shape index (κ2) is 7.35. The van der Waals surface area contributed by atoms with Crippen LogP contribution in [0.25, 0.3) is 0 Å². The highest BCUT2D eigenvalue weighted by Gasteiger charge is 2.26. The molecule has 1 atom stereocenters. The quantitative estimate of drug-likeness (QED) is 0.890. The summed E-state index contributed by atoms with van der Waals surface area (Å²) in [5.41, 5.74) is 1.04. The summed E-state index contributed by atoms with van der Waals surface area (Å²) in [6, 6.07) is 3.37. The molecule has 0 aromatic carbocycles. The monoisotopic (exact) mass is 304 g/mol. The first-order chi connectivity index (χ1) is 10.5. The van der Waals surface area contributed by atoms with Crippen LogP contribution < -0.4 is 5.32 Å². The van der Waals surface area contributed by atoms with Crippen LogP contribution in [0.2, 0.25) is 0 Å². The van der Waals surface area contributed by atoms with Crippen molar-refractivity contribution in [1.82, 2.24) is 14.8 Å². The predicted molar refractivity (Wildman–Crippen MR) is 85.5 cm³/mol. The molecule has 1 aliphatic rings. The second-order valence-corrected chi connectivity index (χ2v) is 5.89. The number of rotatable bonds is 5. The van der Waals surface area contributed by atoms with E-state index in [0.717, 1.165) is 31.5 Å². The van der Waals surface area contributed by atoms with Gasteiger partial charge in [0.2, 0.25) is 11.8 Å². The van der Waals surface area contributed by atoms with Gasteiger partial charge in [0.15, 0.2) is 0 Å².